The van der Waals surface area contributed by atoms with Crippen molar-refractivity contribution < 1.29 is 22.7 Å². The fraction of sp³-hybridized carbons (Fsp3) is 0.294. The van der Waals surface area contributed by atoms with Crippen LogP contribution in [0.4, 0.5) is 5.69 Å². The maximum absolute atomic E-state index is 12.5. The second kappa shape index (κ2) is 7.87. The number of rotatable bonds is 7. The third kappa shape index (κ3) is 5.00. The molecule has 27 heavy (non-hydrogen) atoms. The predicted molar refractivity (Wildman–Crippen MR) is 103 cm³/mol. The van der Waals surface area contributed by atoms with E-state index < -0.39 is 22.1 Å². The third-order valence-corrected chi connectivity index (χ3v) is 6.87. The molecule has 0 bridgehead atoms. The number of hydrogen-bond donors (Lipinski definition) is 2. The quantitative estimate of drug-likeness (QED) is 0.660. The van der Waals surface area contributed by atoms with Gasteiger partial charge < -0.3 is 10.1 Å². The van der Waals surface area contributed by atoms with E-state index in [1.165, 1.54) is 31.2 Å². The Bertz CT molecular complexity index is 969. The van der Waals surface area contributed by atoms with Gasteiger partial charge in [0.1, 0.15) is 4.21 Å². The zero-order valence-corrected chi connectivity index (χ0v) is 16.7. The van der Waals surface area contributed by atoms with Gasteiger partial charge in [-0.05, 0) is 44.0 Å². The van der Waals surface area contributed by atoms with Crippen molar-refractivity contribution in [2.75, 3.05) is 4.72 Å². The number of thiophene rings is 1. The number of hydrogen-bond acceptors (Lipinski definition) is 6. The van der Waals surface area contributed by atoms with E-state index in [0.717, 1.165) is 24.2 Å². The maximum atomic E-state index is 12.5. The molecule has 2 aromatic rings. The molecule has 1 aromatic heterocycles. The molecule has 1 amide bonds. The molecule has 1 aliphatic carbocycles. The summed E-state index contributed by atoms with van der Waals surface area (Å²) in [6.07, 6.45) is 0.854. The van der Waals surface area contributed by atoms with Gasteiger partial charge in [-0.3, -0.25) is 9.52 Å². The number of nitrogens with one attached hydrogen (secondary N) is 2. The van der Waals surface area contributed by atoms with Gasteiger partial charge in [0, 0.05) is 6.04 Å². The summed E-state index contributed by atoms with van der Waals surface area (Å²) in [6.45, 7) is 1.47. The van der Waals surface area contributed by atoms with Crippen molar-refractivity contribution in [1.82, 2.24) is 5.32 Å². The lowest BCUT2D eigenvalue weighted by molar-refractivity contribution is -0.129. The van der Waals surface area contributed by atoms with Crippen LogP contribution in [0.2, 0.25) is 4.34 Å². The van der Waals surface area contributed by atoms with Crippen LogP contribution in [0.1, 0.15) is 30.1 Å². The summed E-state index contributed by atoms with van der Waals surface area (Å²) in [7, 11) is -3.90. The van der Waals surface area contributed by atoms with Gasteiger partial charge in [-0.2, -0.15) is 0 Å². The first-order valence-electron chi connectivity index (χ1n) is 8.15. The van der Waals surface area contributed by atoms with Gasteiger partial charge in [0.05, 0.1) is 15.6 Å². The molecule has 10 heteroatoms. The molecule has 1 saturated carbocycles. The van der Waals surface area contributed by atoms with Crippen LogP contribution in [0.3, 0.4) is 0 Å². The predicted octanol–water partition coefficient (Wildman–Crippen LogP) is 3.03. The topological polar surface area (TPSA) is 102 Å². The zero-order chi connectivity index (χ0) is 19.6. The average Bonchev–Trinajstić information content (AvgIpc) is 3.31. The number of amides is 1. The highest BCUT2D eigenvalue weighted by Crippen LogP contribution is 2.28. The monoisotopic (exact) mass is 428 g/mol. The Hall–Kier alpha value is -2.10. The molecule has 1 aromatic carbocycles. The van der Waals surface area contributed by atoms with Crippen LogP contribution >= 0.6 is 22.9 Å². The lowest BCUT2D eigenvalue weighted by atomic mass is 10.2. The van der Waals surface area contributed by atoms with Crippen LogP contribution < -0.4 is 10.0 Å². The fourth-order valence-electron chi connectivity index (χ4n) is 2.21. The van der Waals surface area contributed by atoms with E-state index in [1.54, 1.807) is 12.1 Å². The molecule has 1 fully saturated rings. The molecule has 3 rings (SSSR count). The number of carbonyl (C=O) groups excluding carboxylic acids is 2. The minimum atomic E-state index is -3.90. The number of halogens is 1. The number of ether oxygens (including phenoxy) is 1. The van der Waals surface area contributed by atoms with Gasteiger partial charge in [0.25, 0.3) is 15.9 Å². The molecule has 144 valence electrons. The summed E-state index contributed by atoms with van der Waals surface area (Å²) in [5, 5.41) is 2.75. The number of esters is 1. The van der Waals surface area contributed by atoms with E-state index in [4.69, 9.17) is 16.3 Å². The van der Waals surface area contributed by atoms with Gasteiger partial charge in [0.15, 0.2) is 6.10 Å². The van der Waals surface area contributed by atoms with Gasteiger partial charge in [-0.1, -0.05) is 23.7 Å². The highest BCUT2D eigenvalue weighted by molar-refractivity contribution is 7.94. The van der Waals surface area contributed by atoms with Crippen LogP contribution in [0.25, 0.3) is 0 Å². The van der Waals surface area contributed by atoms with E-state index in [2.05, 4.69) is 10.0 Å². The molecule has 1 atom stereocenters. The minimum Gasteiger partial charge on any atom is -0.449 e. The van der Waals surface area contributed by atoms with Crippen LogP contribution in [-0.4, -0.2) is 32.4 Å². The summed E-state index contributed by atoms with van der Waals surface area (Å²) in [5.74, 6) is -1.17. The lowest BCUT2D eigenvalue weighted by Gasteiger charge is -2.15. The third-order valence-electron chi connectivity index (χ3n) is 3.78. The molecular formula is C17H17ClN2O5S2. The summed E-state index contributed by atoms with van der Waals surface area (Å²) in [6, 6.07) is 9.02. The van der Waals surface area contributed by atoms with Crippen molar-refractivity contribution in [1.29, 1.82) is 0 Å². The molecule has 0 radical (unpaired) electrons. The second-order valence-corrected chi connectivity index (χ2v) is 9.66. The minimum absolute atomic E-state index is 0.00907. The Balaban J connectivity index is 1.74. The molecule has 1 unspecified atom stereocenters. The summed E-state index contributed by atoms with van der Waals surface area (Å²) in [5.41, 5.74) is 0.0663. The van der Waals surface area contributed by atoms with Crippen molar-refractivity contribution in [3.8, 4) is 0 Å². The van der Waals surface area contributed by atoms with Crippen molar-refractivity contribution in [2.24, 2.45) is 0 Å². The Morgan fingerprint density at radius 1 is 1.22 bits per heavy atom. The summed E-state index contributed by atoms with van der Waals surface area (Å²) < 4.78 is 32.9. The molecule has 0 aliphatic heterocycles. The first-order valence-corrected chi connectivity index (χ1v) is 10.8. The maximum Gasteiger partial charge on any atom is 0.341 e. The van der Waals surface area contributed by atoms with E-state index >= 15 is 0 Å². The van der Waals surface area contributed by atoms with E-state index in [0.29, 0.717) is 4.34 Å². The largest absolute Gasteiger partial charge is 0.449 e. The summed E-state index contributed by atoms with van der Waals surface area (Å²) >= 11 is 6.69. The number of para-hydroxylation sites is 1. The molecule has 7 nitrogen and oxygen atoms in total. The zero-order valence-electron chi connectivity index (χ0n) is 14.3. The van der Waals surface area contributed by atoms with Crippen LogP contribution in [0, 0.1) is 0 Å². The standard InChI is InChI=1S/C17H17ClN2O5S2/c1-10(16(21)19-11-6-7-11)25-17(22)12-4-2-3-5-13(12)20-27(23,24)15-9-8-14(18)26-15/h2-5,8-11,20H,6-7H2,1H3,(H,19,21). The molecule has 2 N–H and O–H groups in total. The van der Waals surface area contributed by atoms with E-state index in [-0.39, 0.29) is 27.4 Å². The fourth-order valence-corrected chi connectivity index (χ4v) is 4.77. The number of carbonyl (C=O) groups is 2. The Kier molecular flexibility index (Phi) is 5.73. The van der Waals surface area contributed by atoms with Crippen molar-refractivity contribution in [3.05, 3.63) is 46.3 Å². The van der Waals surface area contributed by atoms with Crippen molar-refractivity contribution >= 4 is 50.5 Å². The highest BCUT2D eigenvalue weighted by Gasteiger charge is 2.28. The lowest BCUT2D eigenvalue weighted by Crippen LogP contribution is -2.37. The van der Waals surface area contributed by atoms with Gasteiger partial charge in [-0.15, -0.1) is 11.3 Å². The number of sulfonamides is 1. The molecule has 1 aliphatic rings. The second-order valence-electron chi connectivity index (χ2n) is 6.04. The number of anilines is 1. The van der Waals surface area contributed by atoms with E-state index in [1.807, 2.05) is 0 Å². The molecule has 1 heterocycles. The van der Waals surface area contributed by atoms with Crippen molar-refractivity contribution in [2.45, 2.75) is 36.1 Å². The first kappa shape index (κ1) is 19.7. The SMILES string of the molecule is CC(OC(=O)c1ccccc1NS(=O)(=O)c1ccc(Cl)s1)C(=O)NC1CC1. The van der Waals surface area contributed by atoms with Crippen LogP contribution in [0.15, 0.2) is 40.6 Å². The average molecular weight is 429 g/mol. The molecule has 0 spiro atoms. The normalized spacial score (nSPS) is 15.0. The first-order chi connectivity index (χ1) is 12.8. The van der Waals surface area contributed by atoms with Crippen molar-refractivity contribution in [3.63, 3.8) is 0 Å². The van der Waals surface area contributed by atoms with Crippen LogP contribution in [-0.2, 0) is 19.6 Å². The molecule has 0 saturated heterocycles. The van der Waals surface area contributed by atoms with Gasteiger partial charge in [0.2, 0.25) is 0 Å². The Labute approximate surface area is 165 Å². The Morgan fingerprint density at radius 2 is 1.93 bits per heavy atom. The Morgan fingerprint density at radius 3 is 2.56 bits per heavy atom. The summed E-state index contributed by atoms with van der Waals surface area (Å²) in [4.78, 5) is 24.4. The molecular weight excluding hydrogens is 412 g/mol. The number of benzene rings is 1. The van der Waals surface area contributed by atoms with Gasteiger partial charge in [-0.25, -0.2) is 13.2 Å². The van der Waals surface area contributed by atoms with Crippen LogP contribution in [0.5, 0.6) is 0 Å². The van der Waals surface area contributed by atoms with Gasteiger partial charge >= 0.3 is 5.97 Å². The smallest absolute Gasteiger partial charge is 0.341 e. The van der Waals surface area contributed by atoms with E-state index in [9.17, 15) is 18.0 Å². The highest BCUT2D eigenvalue weighted by atomic mass is 35.5.